The van der Waals surface area contributed by atoms with E-state index >= 15 is 0 Å². The third-order valence-corrected chi connectivity index (χ3v) is 4.87. The molecule has 1 fully saturated rings. The summed E-state index contributed by atoms with van der Waals surface area (Å²) in [5.41, 5.74) is 1.50. The van der Waals surface area contributed by atoms with Gasteiger partial charge in [0.2, 0.25) is 0 Å². The second-order valence-corrected chi connectivity index (χ2v) is 6.26. The first-order valence-electron chi connectivity index (χ1n) is 7.26. The van der Waals surface area contributed by atoms with Gasteiger partial charge in [-0.25, -0.2) is 0 Å². The van der Waals surface area contributed by atoms with Gasteiger partial charge in [0.25, 0.3) is 0 Å². The zero-order valence-electron chi connectivity index (χ0n) is 11.7. The molecular weight excluding hydrogens is 240 g/mol. The fourth-order valence-corrected chi connectivity index (χ4v) is 3.32. The summed E-state index contributed by atoms with van der Waals surface area (Å²) in [6, 6.07) is 2.94. The van der Waals surface area contributed by atoms with Crippen LogP contribution in [0.3, 0.4) is 0 Å². The minimum atomic E-state index is 0.681. The topological polar surface area (TPSA) is 15.3 Å². The van der Waals surface area contributed by atoms with E-state index in [4.69, 9.17) is 0 Å². The second kappa shape index (κ2) is 7.27. The van der Waals surface area contributed by atoms with Crippen LogP contribution < -0.4 is 5.32 Å². The Morgan fingerprint density at radius 3 is 3.17 bits per heavy atom. The fraction of sp³-hybridized carbons (Fsp3) is 0.733. The number of nitrogens with one attached hydrogen (secondary N) is 1. The Hall–Kier alpha value is -0.380. The summed E-state index contributed by atoms with van der Waals surface area (Å²) in [6.07, 6.45) is 3.77. The SMILES string of the molecule is CCC(C)C1CN(CCc2ccsc2)CCCN1. The third-order valence-electron chi connectivity index (χ3n) is 4.14. The zero-order chi connectivity index (χ0) is 12.8. The number of nitrogens with zero attached hydrogens (tertiary/aromatic N) is 1. The van der Waals surface area contributed by atoms with Crippen LogP contribution in [0, 0.1) is 5.92 Å². The van der Waals surface area contributed by atoms with Crippen molar-refractivity contribution in [3.63, 3.8) is 0 Å². The smallest absolute Gasteiger partial charge is 0.0220 e. The predicted octanol–water partition coefficient (Wildman–Crippen LogP) is 3.00. The molecule has 18 heavy (non-hydrogen) atoms. The maximum Gasteiger partial charge on any atom is 0.0220 e. The van der Waals surface area contributed by atoms with Crippen LogP contribution in [-0.2, 0) is 6.42 Å². The molecule has 1 aromatic heterocycles. The molecule has 0 bridgehead atoms. The van der Waals surface area contributed by atoms with Gasteiger partial charge in [-0.2, -0.15) is 11.3 Å². The lowest BCUT2D eigenvalue weighted by molar-refractivity contribution is 0.240. The van der Waals surface area contributed by atoms with Gasteiger partial charge in [-0.3, -0.25) is 0 Å². The highest BCUT2D eigenvalue weighted by Crippen LogP contribution is 2.13. The van der Waals surface area contributed by atoms with Crippen LogP contribution in [-0.4, -0.2) is 37.1 Å². The summed E-state index contributed by atoms with van der Waals surface area (Å²) in [6.45, 7) is 9.55. The van der Waals surface area contributed by atoms with Crippen LogP contribution in [0.25, 0.3) is 0 Å². The Bertz CT molecular complexity index is 323. The van der Waals surface area contributed by atoms with Crippen molar-refractivity contribution in [2.24, 2.45) is 5.92 Å². The monoisotopic (exact) mass is 266 g/mol. The van der Waals surface area contributed by atoms with E-state index in [1.807, 2.05) is 11.3 Å². The molecule has 2 rings (SSSR count). The van der Waals surface area contributed by atoms with E-state index < -0.39 is 0 Å². The van der Waals surface area contributed by atoms with E-state index in [0.29, 0.717) is 6.04 Å². The molecule has 0 amide bonds. The highest BCUT2D eigenvalue weighted by Gasteiger charge is 2.21. The average molecular weight is 266 g/mol. The largest absolute Gasteiger partial charge is 0.312 e. The Morgan fingerprint density at radius 2 is 2.44 bits per heavy atom. The molecular formula is C15H26N2S. The van der Waals surface area contributed by atoms with Crippen LogP contribution in [0.2, 0.25) is 0 Å². The Morgan fingerprint density at radius 1 is 1.56 bits per heavy atom. The van der Waals surface area contributed by atoms with Crippen molar-refractivity contribution >= 4 is 11.3 Å². The number of hydrogen-bond acceptors (Lipinski definition) is 3. The molecule has 2 heterocycles. The van der Waals surface area contributed by atoms with Gasteiger partial charge < -0.3 is 10.2 Å². The maximum atomic E-state index is 3.72. The number of rotatable bonds is 5. The van der Waals surface area contributed by atoms with Gasteiger partial charge in [0, 0.05) is 19.1 Å². The third kappa shape index (κ3) is 4.08. The average Bonchev–Trinajstić information content (AvgIpc) is 2.80. The van der Waals surface area contributed by atoms with Crippen LogP contribution in [0.1, 0.15) is 32.3 Å². The summed E-state index contributed by atoms with van der Waals surface area (Å²) >= 11 is 1.81. The molecule has 1 aliphatic heterocycles. The highest BCUT2D eigenvalue weighted by atomic mass is 32.1. The van der Waals surface area contributed by atoms with Crippen LogP contribution in [0.15, 0.2) is 16.8 Å². The maximum absolute atomic E-state index is 3.72. The molecule has 0 spiro atoms. The van der Waals surface area contributed by atoms with Crippen LogP contribution in [0.4, 0.5) is 0 Å². The molecule has 3 heteroatoms. The molecule has 0 saturated carbocycles. The first-order chi connectivity index (χ1) is 8.79. The van der Waals surface area contributed by atoms with Crippen molar-refractivity contribution in [1.29, 1.82) is 0 Å². The lowest BCUT2D eigenvalue weighted by Crippen LogP contribution is -2.42. The Balaban J connectivity index is 1.83. The lowest BCUT2D eigenvalue weighted by atomic mass is 9.99. The normalized spacial score (nSPS) is 23.8. The summed E-state index contributed by atoms with van der Waals surface area (Å²) in [5, 5.41) is 8.18. The van der Waals surface area contributed by atoms with Gasteiger partial charge in [-0.1, -0.05) is 20.3 Å². The van der Waals surface area contributed by atoms with Gasteiger partial charge in [0.05, 0.1) is 0 Å². The summed E-state index contributed by atoms with van der Waals surface area (Å²) in [5.74, 6) is 0.784. The van der Waals surface area contributed by atoms with Crippen molar-refractivity contribution in [3.05, 3.63) is 22.4 Å². The van der Waals surface area contributed by atoms with Gasteiger partial charge >= 0.3 is 0 Å². The second-order valence-electron chi connectivity index (χ2n) is 5.48. The van der Waals surface area contributed by atoms with E-state index in [9.17, 15) is 0 Å². The molecule has 1 N–H and O–H groups in total. The molecule has 2 atom stereocenters. The number of thiophene rings is 1. The molecule has 0 radical (unpaired) electrons. The molecule has 1 aromatic rings. The van der Waals surface area contributed by atoms with E-state index in [1.54, 1.807) is 0 Å². The molecule has 102 valence electrons. The molecule has 0 aliphatic carbocycles. The van der Waals surface area contributed by atoms with Crippen molar-refractivity contribution in [2.75, 3.05) is 26.2 Å². The van der Waals surface area contributed by atoms with Gasteiger partial charge in [0.15, 0.2) is 0 Å². The molecule has 1 saturated heterocycles. The van der Waals surface area contributed by atoms with Crippen LogP contribution in [0.5, 0.6) is 0 Å². The summed E-state index contributed by atoms with van der Waals surface area (Å²) < 4.78 is 0. The zero-order valence-corrected chi connectivity index (χ0v) is 12.5. The minimum Gasteiger partial charge on any atom is -0.312 e. The van der Waals surface area contributed by atoms with Crippen molar-refractivity contribution in [3.8, 4) is 0 Å². The van der Waals surface area contributed by atoms with E-state index in [-0.39, 0.29) is 0 Å². The summed E-state index contributed by atoms with van der Waals surface area (Å²) in [4.78, 5) is 2.65. The van der Waals surface area contributed by atoms with Crippen molar-refractivity contribution in [1.82, 2.24) is 10.2 Å². The molecule has 2 unspecified atom stereocenters. The van der Waals surface area contributed by atoms with E-state index in [1.165, 1.54) is 51.0 Å². The van der Waals surface area contributed by atoms with Crippen molar-refractivity contribution in [2.45, 2.75) is 39.2 Å². The standard InChI is InChI=1S/C15H26N2S/c1-3-13(2)15-11-17(8-4-7-16-15)9-5-14-6-10-18-12-14/h6,10,12-13,15-16H,3-5,7-9,11H2,1-2H3. The minimum absolute atomic E-state index is 0.681. The fourth-order valence-electron chi connectivity index (χ4n) is 2.61. The molecule has 2 nitrogen and oxygen atoms in total. The quantitative estimate of drug-likeness (QED) is 0.881. The molecule has 1 aliphatic rings. The van der Waals surface area contributed by atoms with E-state index in [0.717, 1.165) is 5.92 Å². The Labute approximate surface area is 115 Å². The first-order valence-corrected chi connectivity index (χ1v) is 8.20. The molecule has 0 aromatic carbocycles. The van der Waals surface area contributed by atoms with E-state index in [2.05, 4.69) is 40.9 Å². The Kier molecular flexibility index (Phi) is 5.67. The summed E-state index contributed by atoms with van der Waals surface area (Å²) in [7, 11) is 0. The van der Waals surface area contributed by atoms with Gasteiger partial charge in [0.1, 0.15) is 0 Å². The first kappa shape index (κ1) is 14.0. The van der Waals surface area contributed by atoms with Gasteiger partial charge in [-0.05, 0) is 54.2 Å². The van der Waals surface area contributed by atoms with Crippen LogP contribution >= 0.6 is 11.3 Å². The lowest BCUT2D eigenvalue weighted by Gasteiger charge is -2.27. The predicted molar refractivity (Wildman–Crippen MR) is 80.3 cm³/mol. The van der Waals surface area contributed by atoms with Gasteiger partial charge in [-0.15, -0.1) is 0 Å². The van der Waals surface area contributed by atoms with Crippen molar-refractivity contribution < 1.29 is 0 Å². The highest BCUT2D eigenvalue weighted by molar-refractivity contribution is 7.07. The number of hydrogen-bond donors (Lipinski definition) is 1.